The highest BCUT2D eigenvalue weighted by atomic mass is 32.2. The van der Waals surface area contributed by atoms with Gasteiger partial charge in [0.1, 0.15) is 0 Å². The Hall–Kier alpha value is -0.170. The first-order valence-corrected chi connectivity index (χ1v) is 8.73. The summed E-state index contributed by atoms with van der Waals surface area (Å²) >= 11 is 0. The largest absolute Gasteiger partial charge is 0.377 e. The van der Waals surface area contributed by atoms with Gasteiger partial charge in [0.25, 0.3) is 0 Å². The molecule has 6 heteroatoms. The molecule has 2 aliphatic rings. The van der Waals surface area contributed by atoms with Gasteiger partial charge in [-0.1, -0.05) is 0 Å². The molecule has 0 radical (unpaired) electrons. The van der Waals surface area contributed by atoms with Crippen LogP contribution in [0.25, 0.3) is 0 Å². The Labute approximate surface area is 110 Å². The van der Waals surface area contributed by atoms with Gasteiger partial charge in [0.15, 0.2) is 9.84 Å². The van der Waals surface area contributed by atoms with Crippen LogP contribution in [0.4, 0.5) is 0 Å². The Morgan fingerprint density at radius 3 is 2.72 bits per heavy atom. The van der Waals surface area contributed by atoms with E-state index in [-0.39, 0.29) is 0 Å². The summed E-state index contributed by atoms with van der Waals surface area (Å²) in [7, 11) is -2.79. The number of ether oxygens (including phenoxy) is 1. The second-order valence-electron chi connectivity index (χ2n) is 5.17. The van der Waals surface area contributed by atoms with Crippen molar-refractivity contribution in [1.82, 2.24) is 10.2 Å². The molecule has 0 bridgehead atoms. The SMILES string of the molecule is O=S1(=O)CCCN(CCOC2CCNCC2)CC1. The topological polar surface area (TPSA) is 58.6 Å². The van der Waals surface area contributed by atoms with Gasteiger partial charge >= 0.3 is 0 Å². The molecule has 0 unspecified atom stereocenters. The monoisotopic (exact) mass is 276 g/mol. The lowest BCUT2D eigenvalue weighted by Crippen LogP contribution is -2.35. The molecule has 2 heterocycles. The fraction of sp³-hybridized carbons (Fsp3) is 1.00. The van der Waals surface area contributed by atoms with Gasteiger partial charge in [-0.25, -0.2) is 8.42 Å². The van der Waals surface area contributed by atoms with Crippen LogP contribution in [0.1, 0.15) is 19.3 Å². The third kappa shape index (κ3) is 4.84. The number of piperidine rings is 1. The molecule has 0 atom stereocenters. The van der Waals surface area contributed by atoms with E-state index < -0.39 is 9.84 Å². The Bertz CT molecular complexity index is 339. The lowest BCUT2D eigenvalue weighted by atomic mass is 10.1. The van der Waals surface area contributed by atoms with Crippen LogP contribution in [0, 0.1) is 0 Å². The Kier molecular flexibility index (Phi) is 5.41. The number of sulfone groups is 1. The van der Waals surface area contributed by atoms with Crippen molar-refractivity contribution in [2.24, 2.45) is 0 Å². The second kappa shape index (κ2) is 6.84. The highest BCUT2D eigenvalue weighted by Crippen LogP contribution is 2.08. The lowest BCUT2D eigenvalue weighted by Gasteiger charge is -2.25. The van der Waals surface area contributed by atoms with Gasteiger partial charge in [-0.05, 0) is 38.9 Å². The van der Waals surface area contributed by atoms with Crippen molar-refractivity contribution >= 4 is 9.84 Å². The molecule has 0 aromatic heterocycles. The summed E-state index contributed by atoms with van der Waals surface area (Å²) in [6.45, 7) is 5.23. The van der Waals surface area contributed by atoms with Crippen LogP contribution < -0.4 is 5.32 Å². The fourth-order valence-electron chi connectivity index (χ4n) is 2.52. The van der Waals surface area contributed by atoms with Gasteiger partial charge in [-0.2, -0.15) is 0 Å². The number of hydrogen-bond donors (Lipinski definition) is 1. The molecule has 2 aliphatic heterocycles. The van der Waals surface area contributed by atoms with Crippen LogP contribution in [-0.2, 0) is 14.6 Å². The number of rotatable bonds is 4. The summed E-state index contributed by atoms with van der Waals surface area (Å²) in [6.07, 6.45) is 3.33. The van der Waals surface area contributed by atoms with E-state index >= 15 is 0 Å². The summed E-state index contributed by atoms with van der Waals surface area (Å²) in [5.74, 6) is 0.652. The maximum Gasteiger partial charge on any atom is 0.151 e. The predicted octanol–water partition coefficient (Wildman–Crippen LogP) is -0.124. The van der Waals surface area contributed by atoms with Crippen molar-refractivity contribution in [3.63, 3.8) is 0 Å². The summed E-state index contributed by atoms with van der Waals surface area (Å²) < 4.78 is 28.8. The van der Waals surface area contributed by atoms with Crippen LogP contribution in [0.5, 0.6) is 0 Å². The molecule has 0 amide bonds. The summed E-state index contributed by atoms with van der Waals surface area (Å²) in [4.78, 5) is 2.21. The smallest absolute Gasteiger partial charge is 0.151 e. The average molecular weight is 276 g/mol. The first-order chi connectivity index (χ1) is 8.66. The maximum atomic E-state index is 11.5. The van der Waals surface area contributed by atoms with Crippen LogP contribution >= 0.6 is 0 Å². The predicted molar refractivity (Wildman–Crippen MR) is 71.6 cm³/mol. The summed E-state index contributed by atoms with van der Waals surface area (Å²) in [6, 6.07) is 0. The zero-order valence-electron chi connectivity index (χ0n) is 10.9. The molecule has 106 valence electrons. The lowest BCUT2D eigenvalue weighted by molar-refractivity contribution is 0.0210. The quantitative estimate of drug-likeness (QED) is 0.775. The number of nitrogens with zero attached hydrogens (tertiary/aromatic N) is 1. The molecule has 1 N–H and O–H groups in total. The molecule has 0 aliphatic carbocycles. The zero-order chi connectivity index (χ0) is 12.8. The van der Waals surface area contributed by atoms with Gasteiger partial charge in [-0.3, -0.25) is 0 Å². The fourth-order valence-corrected chi connectivity index (χ4v) is 3.83. The molecule has 0 aromatic carbocycles. The molecule has 5 nitrogen and oxygen atoms in total. The third-order valence-corrected chi connectivity index (χ3v) is 5.41. The van der Waals surface area contributed by atoms with Gasteiger partial charge in [0.2, 0.25) is 0 Å². The Morgan fingerprint density at radius 1 is 1.17 bits per heavy atom. The van der Waals surface area contributed by atoms with Crippen molar-refractivity contribution in [3.8, 4) is 0 Å². The molecule has 0 spiro atoms. The molecular weight excluding hydrogens is 252 g/mol. The van der Waals surface area contributed by atoms with E-state index in [1.54, 1.807) is 0 Å². The summed E-state index contributed by atoms with van der Waals surface area (Å²) in [5.41, 5.74) is 0. The minimum absolute atomic E-state index is 0.306. The van der Waals surface area contributed by atoms with Gasteiger partial charge in [0.05, 0.1) is 24.2 Å². The molecule has 0 saturated carbocycles. The molecule has 0 aromatic rings. The highest BCUT2D eigenvalue weighted by Gasteiger charge is 2.19. The van der Waals surface area contributed by atoms with E-state index in [2.05, 4.69) is 10.2 Å². The van der Waals surface area contributed by atoms with E-state index in [1.807, 2.05) is 0 Å². The van der Waals surface area contributed by atoms with Crippen LogP contribution in [0.15, 0.2) is 0 Å². The normalized spacial score (nSPS) is 26.9. The van der Waals surface area contributed by atoms with Crippen molar-refractivity contribution in [3.05, 3.63) is 0 Å². The van der Waals surface area contributed by atoms with Gasteiger partial charge < -0.3 is 15.0 Å². The van der Waals surface area contributed by atoms with E-state index in [9.17, 15) is 8.42 Å². The second-order valence-corrected chi connectivity index (χ2v) is 7.47. The van der Waals surface area contributed by atoms with Crippen molar-refractivity contribution in [2.75, 3.05) is 50.8 Å². The van der Waals surface area contributed by atoms with Crippen molar-refractivity contribution in [1.29, 1.82) is 0 Å². The molecular formula is C12H24N2O3S. The molecule has 2 fully saturated rings. The Balaban J connectivity index is 1.64. The average Bonchev–Trinajstić information content (AvgIpc) is 2.52. The van der Waals surface area contributed by atoms with Crippen LogP contribution in [0.2, 0.25) is 0 Å². The number of nitrogens with one attached hydrogen (secondary N) is 1. The number of hydrogen-bond acceptors (Lipinski definition) is 5. The van der Waals surface area contributed by atoms with Crippen LogP contribution in [-0.4, -0.2) is 70.3 Å². The molecule has 18 heavy (non-hydrogen) atoms. The maximum absolute atomic E-state index is 11.5. The first-order valence-electron chi connectivity index (χ1n) is 6.91. The van der Waals surface area contributed by atoms with Gasteiger partial charge in [-0.15, -0.1) is 0 Å². The third-order valence-electron chi connectivity index (χ3n) is 3.70. The van der Waals surface area contributed by atoms with Crippen molar-refractivity contribution < 1.29 is 13.2 Å². The molecule has 2 saturated heterocycles. The van der Waals surface area contributed by atoms with Crippen LogP contribution in [0.3, 0.4) is 0 Å². The van der Waals surface area contributed by atoms with E-state index in [1.165, 1.54) is 0 Å². The Morgan fingerprint density at radius 2 is 1.94 bits per heavy atom. The van der Waals surface area contributed by atoms with E-state index in [4.69, 9.17) is 4.74 Å². The standard InChI is InChI=1S/C12H24N2O3S/c15-18(16)10-1-6-14(8-11-18)7-9-17-12-2-4-13-5-3-12/h12-13H,1-11H2. The molecule has 2 rings (SSSR count). The minimum Gasteiger partial charge on any atom is -0.377 e. The van der Waals surface area contributed by atoms with Crippen molar-refractivity contribution in [2.45, 2.75) is 25.4 Å². The first kappa shape index (κ1) is 14.2. The zero-order valence-corrected chi connectivity index (χ0v) is 11.8. The van der Waals surface area contributed by atoms with Gasteiger partial charge in [0, 0.05) is 13.1 Å². The highest BCUT2D eigenvalue weighted by molar-refractivity contribution is 7.91. The summed E-state index contributed by atoms with van der Waals surface area (Å²) in [5, 5.41) is 3.31. The minimum atomic E-state index is -2.79. The van der Waals surface area contributed by atoms with E-state index in [0.29, 0.717) is 24.2 Å². The van der Waals surface area contributed by atoms with E-state index in [0.717, 1.165) is 52.0 Å².